The van der Waals surface area contributed by atoms with Gasteiger partial charge in [-0.2, -0.15) is 5.10 Å². The van der Waals surface area contributed by atoms with Gasteiger partial charge in [-0.1, -0.05) is 40.0 Å². The second kappa shape index (κ2) is 6.57. The van der Waals surface area contributed by atoms with Gasteiger partial charge in [0.2, 0.25) is 0 Å². The molecule has 2 aromatic heterocycles. The molecule has 0 radical (unpaired) electrons. The zero-order valence-corrected chi connectivity index (χ0v) is 13.9. The lowest BCUT2D eigenvalue weighted by Gasteiger charge is -2.18. The Morgan fingerprint density at radius 3 is 2.55 bits per heavy atom. The number of hydrogen-bond donors (Lipinski definition) is 1. The minimum atomic E-state index is 0.487. The third kappa shape index (κ3) is 2.68. The summed E-state index contributed by atoms with van der Waals surface area (Å²) in [6.07, 6.45) is 6.96. The Balaban J connectivity index is 2.53. The molecule has 4 nitrogen and oxygen atoms in total. The van der Waals surface area contributed by atoms with Gasteiger partial charge in [0, 0.05) is 13.1 Å². The summed E-state index contributed by atoms with van der Waals surface area (Å²) in [5.41, 5.74) is 3.39. The van der Waals surface area contributed by atoms with Gasteiger partial charge >= 0.3 is 0 Å². The van der Waals surface area contributed by atoms with Crippen LogP contribution in [0.25, 0.3) is 11.2 Å². The van der Waals surface area contributed by atoms with Crippen LogP contribution in [0.3, 0.4) is 0 Å². The summed E-state index contributed by atoms with van der Waals surface area (Å²) in [4.78, 5) is 3.38. The number of aryl methyl sites for hydroxylation is 2. The minimum absolute atomic E-state index is 0.487. The Morgan fingerprint density at radius 1 is 1.20 bits per heavy atom. The molecule has 1 unspecified atom stereocenters. The number of hydrogen-bond acceptors (Lipinski definition) is 2. The first-order valence-corrected chi connectivity index (χ1v) is 8.20. The van der Waals surface area contributed by atoms with E-state index in [4.69, 9.17) is 12.2 Å². The zero-order chi connectivity index (χ0) is 14.7. The van der Waals surface area contributed by atoms with Gasteiger partial charge in [-0.15, -0.1) is 0 Å². The molecule has 2 rings (SSSR count). The first-order chi connectivity index (χ1) is 9.63. The fourth-order valence-corrected chi connectivity index (χ4v) is 3.34. The molecule has 0 aliphatic heterocycles. The van der Waals surface area contributed by atoms with Gasteiger partial charge in [-0.3, -0.25) is 9.25 Å². The van der Waals surface area contributed by atoms with E-state index in [-0.39, 0.29) is 0 Å². The number of aromatic nitrogens is 4. The molecule has 2 heterocycles. The number of imidazole rings is 1. The molecule has 112 valence electrons. The normalized spacial score (nSPS) is 13.2. The lowest BCUT2D eigenvalue weighted by molar-refractivity contribution is 0.417. The smallest absolute Gasteiger partial charge is 0.179 e. The molecule has 0 spiro atoms. The van der Waals surface area contributed by atoms with Gasteiger partial charge in [0.15, 0.2) is 10.4 Å². The molecule has 0 saturated carbocycles. The summed E-state index contributed by atoms with van der Waals surface area (Å²) < 4.78 is 5.13. The SMILES string of the molecule is CCCCC(CCC)n1c(=S)[nH]c2c(CC)nn(C)c21. The van der Waals surface area contributed by atoms with Crippen molar-refractivity contribution < 1.29 is 0 Å². The van der Waals surface area contributed by atoms with Gasteiger partial charge in [0.05, 0.1) is 5.69 Å². The van der Waals surface area contributed by atoms with E-state index in [2.05, 4.69) is 35.4 Å². The van der Waals surface area contributed by atoms with Crippen molar-refractivity contribution in [1.29, 1.82) is 0 Å². The molecular weight excluding hydrogens is 268 g/mol. The molecule has 1 atom stereocenters. The van der Waals surface area contributed by atoms with Crippen LogP contribution in [0.2, 0.25) is 0 Å². The van der Waals surface area contributed by atoms with Crippen LogP contribution in [-0.4, -0.2) is 19.3 Å². The predicted molar refractivity (Wildman–Crippen MR) is 86.7 cm³/mol. The summed E-state index contributed by atoms with van der Waals surface area (Å²) in [5.74, 6) is 0. The van der Waals surface area contributed by atoms with Crippen LogP contribution in [0.1, 0.15) is 64.6 Å². The third-order valence-corrected chi connectivity index (χ3v) is 4.28. The van der Waals surface area contributed by atoms with Crippen LogP contribution in [0.4, 0.5) is 0 Å². The molecule has 2 aromatic rings. The molecule has 0 saturated heterocycles. The highest BCUT2D eigenvalue weighted by Crippen LogP contribution is 2.28. The zero-order valence-electron chi connectivity index (χ0n) is 13.1. The molecule has 5 heteroatoms. The number of aromatic amines is 1. The van der Waals surface area contributed by atoms with E-state index < -0.39 is 0 Å². The maximum atomic E-state index is 5.58. The minimum Gasteiger partial charge on any atom is -0.328 e. The van der Waals surface area contributed by atoms with E-state index in [0.29, 0.717) is 6.04 Å². The van der Waals surface area contributed by atoms with Gasteiger partial charge in [-0.25, -0.2) is 0 Å². The second-order valence-electron chi connectivity index (χ2n) is 5.51. The summed E-state index contributed by atoms with van der Waals surface area (Å²) in [5, 5.41) is 4.61. The fourth-order valence-electron chi connectivity index (χ4n) is 3.00. The van der Waals surface area contributed by atoms with Crippen molar-refractivity contribution >= 4 is 23.4 Å². The maximum absolute atomic E-state index is 5.58. The Labute approximate surface area is 126 Å². The topological polar surface area (TPSA) is 38.5 Å². The van der Waals surface area contributed by atoms with Gasteiger partial charge in [0.1, 0.15) is 5.52 Å². The Kier molecular flexibility index (Phi) is 5.02. The first-order valence-electron chi connectivity index (χ1n) is 7.80. The van der Waals surface area contributed by atoms with Crippen molar-refractivity contribution in [2.75, 3.05) is 0 Å². The van der Waals surface area contributed by atoms with Crippen molar-refractivity contribution in [3.63, 3.8) is 0 Å². The second-order valence-corrected chi connectivity index (χ2v) is 5.89. The summed E-state index contributed by atoms with van der Waals surface area (Å²) in [6, 6.07) is 0.487. The monoisotopic (exact) mass is 294 g/mol. The molecule has 0 bridgehead atoms. The van der Waals surface area contributed by atoms with Crippen molar-refractivity contribution in [2.45, 2.75) is 65.3 Å². The van der Waals surface area contributed by atoms with Gasteiger partial charge in [-0.05, 0) is 31.5 Å². The number of rotatable bonds is 7. The van der Waals surface area contributed by atoms with Crippen LogP contribution in [0.15, 0.2) is 0 Å². The standard InChI is InChI=1S/C15H26N4S/c1-5-8-10-11(9-6-2)19-14-13(16-15(19)20)12(7-3)17-18(14)4/h11H,5-10H2,1-4H3,(H,16,20). The Hall–Kier alpha value is -1.10. The first kappa shape index (κ1) is 15.3. The summed E-state index contributed by atoms with van der Waals surface area (Å²) in [7, 11) is 2.02. The molecule has 1 N–H and O–H groups in total. The van der Waals surface area contributed by atoms with E-state index in [1.807, 2.05) is 11.7 Å². The highest BCUT2D eigenvalue weighted by molar-refractivity contribution is 7.71. The lowest BCUT2D eigenvalue weighted by atomic mass is 10.1. The van der Waals surface area contributed by atoms with Gasteiger partial charge in [0.25, 0.3) is 0 Å². The van der Waals surface area contributed by atoms with Crippen LogP contribution in [-0.2, 0) is 13.5 Å². The molecular formula is C15H26N4S. The molecule has 0 aliphatic carbocycles. The highest BCUT2D eigenvalue weighted by atomic mass is 32.1. The molecule has 0 amide bonds. The fraction of sp³-hybridized carbons (Fsp3) is 0.733. The van der Waals surface area contributed by atoms with E-state index >= 15 is 0 Å². The van der Waals surface area contributed by atoms with Crippen molar-refractivity contribution in [3.8, 4) is 0 Å². The van der Waals surface area contributed by atoms with Crippen molar-refractivity contribution in [2.24, 2.45) is 7.05 Å². The van der Waals surface area contributed by atoms with Crippen LogP contribution in [0.5, 0.6) is 0 Å². The lowest BCUT2D eigenvalue weighted by Crippen LogP contribution is -2.11. The largest absolute Gasteiger partial charge is 0.328 e. The van der Waals surface area contributed by atoms with Crippen LogP contribution < -0.4 is 0 Å². The molecule has 0 aliphatic rings. The molecule has 20 heavy (non-hydrogen) atoms. The number of fused-ring (bicyclic) bond motifs is 1. The summed E-state index contributed by atoms with van der Waals surface area (Å²) in [6.45, 7) is 6.62. The number of unbranched alkanes of at least 4 members (excludes halogenated alkanes) is 1. The van der Waals surface area contributed by atoms with E-state index in [0.717, 1.165) is 28.0 Å². The quantitative estimate of drug-likeness (QED) is 0.762. The van der Waals surface area contributed by atoms with E-state index in [1.165, 1.54) is 32.1 Å². The van der Waals surface area contributed by atoms with Crippen LogP contribution in [0, 0.1) is 4.77 Å². The number of nitrogens with zero attached hydrogens (tertiary/aromatic N) is 3. The Morgan fingerprint density at radius 2 is 1.95 bits per heavy atom. The van der Waals surface area contributed by atoms with E-state index in [9.17, 15) is 0 Å². The molecule has 0 fully saturated rings. The summed E-state index contributed by atoms with van der Waals surface area (Å²) >= 11 is 5.58. The maximum Gasteiger partial charge on any atom is 0.179 e. The average Bonchev–Trinajstić information content (AvgIpc) is 2.92. The van der Waals surface area contributed by atoms with Gasteiger partial charge < -0.3 is 4.98 Å². The Bertz CT molecular complexity index is 620. The predicted octanol–water partition coefficient (Wildman–Crippen LogP) is 4.53. The van der Waals surface area contributed by atoms with Crippen LogP contribution >= 0.6 is 12.2 Å². The van der Waals surface area contributed by atoms with Crippen molar-refractivity contribution in [1.82, 2.24) is 19.3 Å². The van der Waals surface area contributed by atoms with E-state index in [1.54, 1.807) is 0 Å². The van der Waals surface area contributed by atoms with Crippen molar-refractivity contribution in [3.05, 3.63) is 10.5 Å². The number of H-pyrrole nitrogens is 1. The third-order valence-electron chi connectivity index (χ3n) is 3.98. The number of nitrogens with one attached hydrogen (secondary N) is 1. The molecule has 0 aromatic carbocycles. The highest BCUT2D eigenvalue weighted by Gasteiger charge is 2.19. The average molecular weight is 294 g/mol.